The molecule has 7 nitrogen and oxygen atoms in total. The Bertz CT molecular complexity index is 1220. The van der Waals surface area contributed by atoms with Gasteiger partial charge >= 0.3 is 0 Å². The van der Waals surface area contributed by atoms with E-state index in [1.807, 2.05) is 36.1 Å². The van der Waals surface area contributed by atoms with E-state index in [2.05, 4.69) is 0 Å². The van der Waals surface area contributed by atoms with Crippen LogP contribution in [0.3, 0.4) is 0 Å². The summed E-state index contributed by atoms with van der Waals surface area (Å²) in [6.07, 6.45) is 4.37. The first-order valence-corrected chi connectivity index (χ1v) is 13.0. The summed E-state index contributed by atoms with van der Waals surface area (Å²) >= 11 is 0. The van der Waals surface area contributed by atoms with Crippen molar-refractivity contribution < 1.29 is 18.0 Å². The molecule has 5 rings (SSSR count). The number of nitrogens with zero attached hydrogens (tertiary/aromatic N) is 3. The summed E-state index contributed by atoms with van der Waals surface area (Å²) in [5.74, 6) is 0.00414. The first-order valence-electron chi connectivity index (χ1n) is 11.6. The van der Waals surface area contributed by atoms with E-state index in [1.165, 1.54) is 7.05 Å². The van der Waals surface area contributed by atoms with Crippen molar-refractivity contribution in [3.63, 3.8) is 0 Å². The molecule has 2 amide bonds. The largest absolute Gasteiger partial charge is 0.311 e. The van der Waals surface area contributed by atoms with Gasteiger partial charge in [-0.25, -0.2) is 8.42 Å². The lowest BCUT2D eigenvalue weighted by Crippen LogP contribution is -2.42. The van der Waals surface area contributed by atoms with Crippen LogP contribution in [0.4, 0.5) is 11.4 Å². The molecule has 2 aromatic rings. The van der Waals surface area contributed by atoms with Crippen LogP contribution in [0.25, 0.3) is 0 Å². The molecule has 2 heterocycles. The summed E-state index contributed by atoms with van der Waals surface area (Å²) in [4.78, 5) is 29.5. The Hall–Kier alpha value is -2.71. The Balaban J connectivity index is 1.33. The average molecular weight is 468 g/mol. The molecular weight excluding hydrogens is 438 g/mol. The van der Waals surface area contributed by atoms with Crippen LogP contribution in [0.1, 0.15) is 37.3 Å². The maximum atomic E-state index is 13.3. The molecular formula is C25H29N3O4S. The van der Waals surface area contributed by atoms with Gasteiger partial charge in [-0.1, -0.05) is 24.6 Å². The smallest absolute Gasteiger partial charge is 0.243 e. The molecule has 0 saturated heterocycles. The molecule has 1 atom stereocenters. The van der Waals surface area contributed by atoms with E-state index in [-0.39, 0.29) is 35.2 Å². The minimum absolute atomic E-state index is 0.0144. The molecule has 8 heteroatoms. The number of hydrogen-bond donors (Lipinski definition) is 0. The van der Waals surface area contributed by atoms with E-state index >= 15 is 0 Å². The highest BCUT2D eigenvalue weighted by molar-refractivity contribution is 7.89. The first-order chi connectivity index (χ1) is 15.8. The van der Waals surface area contributed by atoms with Gasteiger partial charge in [-0.05, 0) is 68.0 Å². The zero-order valence-electron chi connectivity index (χ0n) is 19.0. The second-order valence-electron chi connectivity index (χ2n) is 9.36. The summed E-state index contributed by atoms with van der Waals surface area (Å²) in [5, 5.41) is 0. The van der Waals surface area contributed by atoms with Gasteiger partial charge in [-0.2, -0.15) is 4.31 Å². The van der Waals surface area contributed by atoms with Crippen LogP contribution in [0.15, 0.2) is 47.4 Å². The predicted molar refractivity (Wildman–Crippen MR) is 127 cm³/mol. The fraction of sp³-hybridized carbons (Fsp3) is 0.440. The zero-order valence-corrected chi connectivity index (χ0v) is 19.8. The molecule has 0 unspecified atom stereocenters. The van der Waals surface area contributed by atoms with Crippen molar-refractivity contribution in [2.24, 2.45) is 5.92 Å². The van der Waals surface area contributed by atoms with Crippen molar-refractivity contribution in [3.05, 3.63) is 53.6 Å². The first kappa shape index (κ1) is 22.1. The Labute approximate surface area is 195 Å². The van der Waals surface area contributed by atoms with E-state index in [9.17, 15) is 18.0 Å². The molecule has 0 spiro atoms. The van der Waals surface area contributed by atoms with Gasteiger partial charge in [-0.3, -0.25) is 9.59 Å². The van der Waals surface area contributed by atoms with E-state index in [0.717, 1.165) is 52.5 Å². The van der Waals surface area contributed by atoms with Gasteiger partial charge in [-0.15, -0.1) is 0 Å². The summed E-state index contributed by atoms with van der Waals surface area (Å²) in [6, 6.07) is 12.7. The van der Waals surface area contributed by atoms with Gasteiger partial charge in [0, 0.05) is 36.9 Å². The molecule has 2 aromatic carbocycles. The fourth-order valence-corrected chi connectivity index (χ4v) is 6.27. The molecule has 1 fully saturated rings. The Morgan fingerprint density at radius 2 is 1.82 bits per heavy atom. The lowest BCUT2D eigenvalue weighted by Gasteiger charge is -2.32. The molecule has 0 radical (unpaired) electrons. The lowest BCUT2D eigenvalue weighted by molar-refractivity contribution is -0.125. The van der Waals surface area contributed by atoms with Gasteiger partial charge < -0.3 is 9.80 Å². The quantitative estimate of drug-likeness (QED) is 0.677. The number of rotatable bonds is 5. The molecule has 2 aliphatic heterocycles. The highest BCUT2D eigenvalue weighted by atomic mass is 32.2. The zero-order chi connectivity index (χ0) is 23.3. The summed E-state index contributed by atoms with van der Waals surface area (Å²) in [5.41, 5.74) is 3.64. The number of carbonyl (C=O) groups is 2. The third-order valence-electron chi connectivity index (χ3n) is 7.21. The van der Waals surface area contributed by atoms with Gasteiger partial charge in [0.25, 0.3) is 0 Å². The third kappa shape index (κ3) is 3.75. The maximum Gasteiger partial charge on any atom is 0.243 e. The van der Waals surface area contributed by atoms with Gasteiger partial charge in [0.1, 0.15) is 0 Å². The molecule has 3 aliphatic rings. The highest BCUT2D eigenvalue weighted by Gasteiger charge is 2.38. The van der Waals surface area contributed by atoms with Gasteiger partial charge in [0.05, 0.1) is 11.4 Å². The molecule has 1 aliphatic carbocycles. The minimum Gasteiger partial charge on any atom is -0.311 e. The second-order valence-corrected chi connectivity index (χ2v) is 11.4. The van der Waals surface area contributed by atoms with Crippen molar-refractivity contribution >= 4 is 33.2 Å². The Morgan fingerprint density at radius 1 is 1.06 bits per heavy atom. The molecule has 0 bridgehead atoms. The van der Waals surface area contributed by atoms with Crippen LogP contribution < -0.4 is 9.80 Å². The van der Waals surface area contributed by atoms with Gasteiger partial charge in [0.2, 0.25) is 21.8 Å². The minimum atomic E-state index is -3.85. The number of carbonyl (C=O) groups excluding carboxylic acids is 2. The predicted octanol–water partition coefficient (Wildman–Crippen LogP) is 2.97. The number of hydrogen-bond acceptors (Lipinski definition) is 4. The number of amides is 2. The summed E-state index contributed by atoms with van der Waals surface area (Å²) in [6.45, 7) is 2.34. The molecule has 1 saturated carbocycles. The van der Waals surface area contributed by atoms with Crippen LogP contribution in [0, 0.1) is 5.92 Å². The normalized spacial score (nSPS) is 20.0. The summed E-state index contributed by atoms with van der Waals surface area (Å²) in [7, 11) is -2.40. The van der Waals surface area contributed by atoms with E-state index in [0.29, 0.717) is 13.0 Å². The molecule has 33 heavy (non-hydrogen) atoms. The standard InChI is InChI=1S/C25H29N3O4S/c1-17-14-20-15-21(10-11-23(20)28(17)25(30)19-7-5-8-19)33(31,32)26(2)16-24(29)27-13-12-18-6-3-4-9-22(18)27/h3-4,6,9-11,15,17,19H,5,7-8,12-14,16H2,1-2H3/t17-/m1/s1. The average Bonchev–Trinajstić information content (AvgIpc) is 3.31. The number of likely N-dealkylation sites (N-methyl/N-ethyl adjacent to an activating group) is 1. The molecule has 174 valence electrons. The van der Waals surface area contributed by atoms with Crippen LogP contribution in [-0.4, -0.2) is 50.7 Å². The molecule has 0 aromatic heterocycles. The topological polar surface area (TPSA) is 78.0 Å². The SMILES string of the molecule is C[C@@H]1Cc2cc(S(=O)(=O)N(C)CC(=O)N3CCc4ccccc43)ccc2N1C(=O)C1CCC1. The number of benzene rings is 2. The Morgan fingerprint density at radius 3 is 2.55 bits per heavy atom. The molecule has 0 N–H and O–H groups in total. The third-order valence-corrected chi connectivity index (χ3v) is 9.01. The van der Waals surface area contributed by atoms with E-state index < -0.39 is 10.0 Å². The lowest BCUT2D eigenvalue weighted by atomic mass is 9.84. The van der Waals surface area contributed by atoms with Crippen LogP contribution in [-0.2, 0) is 32.5 Å². The van der Waals surface area contributed by atoms with Crippen molar-refractivity contribution in [2.75, 3.05) is 29.9 Å². The van der Waals surface area contributed by atoms with Crippen molar-refractivity contribution in [3.8, 4) is 0 Å². The van der Waals surface area contributed by atoms with Crippen LogP contribution in [0.2, 0.25) is 0 Å². The van der Waals surface area contributed by atoms with E-state index in [4.69, 9.17) is 0 Å². The van der Waals surface area contributed by atoms with Crippen molar-refractivity contribution in [2.45, 2.75) is 50.0 Å². The van der Waals surface area contributed by atoms with Crippen LogP contribution in [0.5, 0.6) is 0 Å². The van der Waals surface area contributed by atoms with Crippen molar-refractivity contribution in [1.82, 2.24) is 4.31 Å². The van der Waals surface area contributed by atoms with Gasteiger partial charge in [0.15, 0.2) is 0 Å². The van der Waals surface area contributed by atoms with Crippen molar-refractivity contribution in [1.29, 1.82) is 0 Å². The number of para-hydroxylation sites is 1. The number of anilines is 2. The summed E-state index contributed by atoms with van der Waals surface area (Å²) < 4.78 is 27.6. The maximum absolute atomic E-state index is 13.3. The highest BCUT2D eigenvalue weighted by Crippen LogP contribution is 2.38. The second kappa shape index (κ2) is 8.25. The van der Waals surface area contributed by atoms with E-state index in [1.54, 1.807) is 23.1 Å². The Kier molecular flexibility index (Phi) is 5.53. The monoisotopic (exact) mass is 467 g/mol. The fourth-order valence-electron chi connectivity index (χ4n) is 5.09. The van der Waals surface area contributed by atoms with Crippen LogP contribution >= 0.6 is 0 Å². The number of sulfonamides is 1. The number of fused-ring (bicyclic) bond motifs is 2.